The van der Waals surface area contributed by atoms with Gasteiger partial charge in [-0.15, -0.1) is 21.5 Å². The van der Waals surface area contributed by atoms with Gasteiger partial charge >= 0.3 is 6.18 Å². The van der Waals surface area contributed by atoms with Crippen LogP contribution in [0.15, 0.2) is 52.1 Å². The van der Waals surface area contributed by atoms with Crippen molar-refractivity contribution in [1.29, 1.82) is 0 Å². The lowest BCUT2D eigenvalue weighted by atomic mass is 9.78. The highest BCUT2D eigenvalue weighted by atomic mass is 32.2. The van der Waals surface area contributed by atoms with Gasteiger partial charge in [-0.05, 0) is 30.7 Å². The van der Waals surface area contributed by atoms with Crippen molar-refractivity contribution in [2.24, 2.45) is 5.92 Å². The van der Waals surface area contributed by atoms with Gasteiger partial charge in [0.2, 0.25) is 22.3 Å². The third-order valence-corrected chi connectivity index (χ3v) is 8.86. The molecule has 1 fully saturated rings. The van der Waals surface area contributed by atoms with Gasteiger partial charge in [-0.1, -0.05) is 30.3 Å². The molecule has 1 saturated carbocycles. The van der Waals surface area contributed by atoms with E-state index in [9.17, 15) is 30.4 Å². The molecule has 1 N–H and O–H groups in total. The van der Waals surface area contributed by atoms with Crippen LogP contribution in [0.1, 0.15) is 25.5 Å². The zero-order chi connectivity index (χ0) is 26.6. The van der Waals surface area contributed by atoms with Gasteiger partial charge in [0.05, 0.1) is 15.5 Å². The molecule has 2 aromatic carbocycles. The maximum Gasteiger partial charge on any atom is 0.404 e. The van der Waals surface area contributed by atoms with Gasteiger partial charge in [0.25, 0.3) is 5.89 Å². The summed E-state index contributed by atoms with van der Waals surface area (Å²) in [6.07, 6.45) is -3.90. The van der Waals surface area contributed by atoms with Gasteiger partial charge in [0, 0.05) is 23.8 Å². The van der Waals surface area contributed by atoms with Crippen LogP contribution in [0.4, 0.5) is 22.0 Å². The minimum Gasteiger partial charge on any atom is -0.422 e. The SMILES string of the molecule is CC(NS(=O)(=O)c1ccc(-c2sc(-c3nnco3)nc2CC2CC(F)(F)C2)c2ccccc12)C(F)(F)F. The highest BCUT2D eigenvalue weighted by molar-refractivity contribution is 7.89. The summed E-state index contributed by atoms with van der Waals surface area (Å²) in [6, 6.07) is 6.81. The van der Waals surface area contributed by atoms with Crippen LogP contribution in [0.25, 0.3) is 32.1 Å². The Morgan fingerprint density at radius 3 is 2.49 bits per heavy atom. The van der Waals surface area contributed by atoms with Crippen LogP contribution >= 0.6 is 11.3 Å². The largest absolute Gasteiger partial charge is 0.422 e. The second-order valence-electron chi connectivity index (χ2n) is 8.91. The minimum atomic E-state index is -4.76. The molecule has 7 nitrogen and oxygen atoms in total. The molecule has 1 unspecified atom stereocenters. The van der Waals surface area contributed by atoms with Crippen molar-refractivity contribution in [3.05, 3.63) is 48.5 Å². The summed E-state index contributed by atoms with van der Waals surface area (Å²) < 4.78 is 98.9. The third-order valence-electron chi connectivity index (χ3n) is 6.14. The molecule has 0 amide bonds. The molecule has 2 heterocycles. The lowest BCUT2D eigenvalue weighted by Gasteiger charge is -2.34. The smallest absolute Gasteiger partial charge is 0.404 e. The van der Waals surface area contributed by atoms with E-state index in [0.717, 1.165) is 13.3 Å². The summed E-state index contributed by atoms with van der Waals surface area (Å²) >= 11 is 1.18. The summed E-state index contributed by atoms with van der Waals surface area (Å²) in [5, 5.41) is 8.53. The average molecular weight is 559 g/mol. The zero-order valence-corrected chi connectivity index (χ0v) is 20.7. The number of aromatic nitrogens is 3. The number of halogens is 5. The summed E-state index contributed by atoms with van der Waals surface area (Å²) in [5.74, 6) is -2.85. The summed E-state index contributed by atoms with van der Waals surface area (Å²) in [5.41, 5.74) is 1.08. The van der Waals surface area contributed by atoms with E-state index in [1.807, 2.05) is 0 Å². The predicted octanol–water partition coefficient (Wildman–Crippen LogP) is 5.83. The second-order valence-corrected chi connectivity index (χ2v) is 11.6. The Bertz CT molecular complexity index is 1540. The molecule has 0 aliphatic heterocycles. The highest BCUT2D eigenvalue weighted by Gasteiger charge is 2.45. The molecular formula is C23H19F5N4O3S2. The van der Waals surface area contributed by atoms with Gasteiger partial charge in [-0.25, -0.2) is 22.2 Å². The summed E-state index contributed by atoms with van der Waals surface area (Å²) in [7, 11) is -4.53. The molecule has 1 aliphatic rings. The van der Waals surface area contributed by atoms with Crippen molar-refractivity contribution in [3.63, 3.8) is 0 Å². The second kappa shape index (κ2) is 9.10. The number of fused-ring (bicyclic) bond motifs is 1. The fraction of sp³-hybridized carbons (Fsp3) is 0.348. The molecule has 196 valence electrons. The standard InChI is InChI=1S/C23H19F5N4O3S2/c1-12(23(26,27)28)32-37(33,34)18-7-6-16(14-4-2-3-5-15(14)18)19-17(8-13-9-22(24,25)10-13)30-21(36-19)20-31-29-11-35-20/h2-7,11-13,32H,8-10H2,1H3. The first-order valence-electron chi connectivity index (χ1n) is 11.1. The maximum atomic E-state index is 13.5. The fourth-order valence-corrected chi connectivity index (χ4v) is 6.83. The number of hydrogen-bond acceptors (Lipinski definition) is 7. The number of alkyl halides is 5. The van der Waals surface area contributed by atoms with E-state index >= 15 is 0 Å². The molecule has 0 bridgehead atoms. The van der Waals surface area contributed by atoms with Crippen LogP contribution in [-0.2, 0) is 16.4 Å². The molecule has 14 heteroatoms. The normalized spacial score (nSPS) is 17.1. The molecule has 37 heavy (non-hydrogen) atoms. The zero-order valence-electron chi connectivity index (χ0n) is 19.1. The Kier molecular flexibility index (Phi) is 6.31. The molecule has 4 aromatic rings. The summed E-state index contributed by atoms with van der Waals surface area (Å²) in [4.78, 5) is 4.85. The molecule has 5 rings (SSSR count). The van der Waals surface area contributed by atoms with Gasteiger partial charge in [0.15, 0.2) is 5.01 Å². The molecule has 0 saturated heterocycles. The van der Waals surface area contributed by atoms with Gasteiger partial charge in [0.1, 0.15) is 6.04 Å². The van der Waals surface area contributed by atoms with E-state index in [1.54, 1.807) is 22.9 Å². The van der Waals surface area contributed by atoms with Crippen molar-refractivity contribution in [1.82, 2.24) is 19.9 Å². The quantitative estimate of drug-likeness (QED) is 0.287. The van der Waals surface area contributed by atoms with Crippen LogP contribution in [-0.4, -0.2) is 41.7 Å². The Labute approximate surface area is 211 Å². The Hall–Kier alpha value is -2.97. The van der Waals surface area contributed by atoms with Crippen molar-refractivity contribution in [2.45, 2.75) is 49.2 Å². The first-order chi connectivity index (χ1) is 17.3. The van der Waals surface area contributed by atoms with Gasteiger partial charge in [-0.3, -0.25) is 0 Å². The van der Waals surface area contributed by atoms with Crippen LogP contribution < -0.4 is 4.72 Å². The van der Waals surface area contributed by atoms with E-state index in [0.29, 0.717) is 26.5 Å². The Morgan fingerprint density at radius 2 is 1.86 bits per heavy atom. The minimum absolute atomic E-state index is 0.144. The highest BCUT2D eigenvalue weighted by Crippen LogP contribution is 2.47. The van der Waals surface area contributed by atoms with Crippen LogP contribution in [0.2, 0.25) is 0 Å². The number of benzene rings is 2. The maximum absolute atomic E-state index is 13.5. The van der Waals surface area contributed by atoms with E-state index in [1.165, 1.54) is 29.5 Å². The van der Waals surface area contributed by atoms with Crippen molar-refractivity contribution in [2.75, 3.05) is 0 Å². The number of sulfonamides is 1. The summed E-state index contributed by atoms with van der Waals surface area (Å²) in [6.45, 7) is 0.723. The fourth-order valence-electron chi connectivity index (χ4n) is 4.33. The van der Waals surface area contributed by atoms with Crippen molar-refractivity contribution in [3.8, 4) is 21.3 Å². The topological polar surface area (TPSA) is 98.0 Å². The molecular weight excluding hydrogens is 539 g/mol. The van der Waals surface area contributed by atoms with Gasteiger partial charge in [-0.2, -0.15) is 17.9 Å². The molecule has 1 aliphatic carbocycles. The number of nitrogens with one attached hydrogen (secondary N) is 1. The van der Waals surface area contributed by atoms with E-state index in [4.69, 9.17) is 4.42 Å². The van der Waals surface area contributed by atoms with E-state index < -0.39 is 28.2 Å². The molecule has 2 aromatic heterocycles. The molecule has 1 atom stereocenters. The number of rotatable bonds is 7. The van der Waals surface area contributed by atoms with Crippen LogP contribution in [0, 0.1) is 5.92 Å². The third kappa shape index (κ3) is 5.09. The van der Waals surface area contributed by atoms with Crippen molar-refractivity contribution >= 4 is 32.1 Å². The monoisotopic (exact) mass is 558 g/mol. The van der Waals surface area contributed by atoms with Crippen LogP contribution in [0.3, 0.4) is 0 Å². The van der Waals surface area contributed by atoms with Gasteiger partial charge < -0.3 is 4.42 Å². The lowest BCUT2D eigenvalue weighted by Crippen LogP contribution is -2.43. The molecule has 0 spiro atoms. The number of nitrogens with zero attached hydrogens (tertiary/aromatic N) is 3. The first-order valence-corrected chi connectivity index (χ1v) is 13.4. The number of hydrogen-bond donors (Lipinski definition) is 1. The molecule has 0 radical (unpaired) electrons. The van der Waals surface area contributed by atoms with Crippen molar-refractivity contribution < 1.29 is 34.8 Å². The predicted molar refractivity (Wildman–Crippen MR) is 126 cm³/mol. The lowest BCUT2D eigenvalue weighted by molar-refractivity contribution is -0.147. The average Bonchev–Trinajstić information content (AvgIpc) is 3.46. The Morgan fingerprint density at radius 1 is 1.16 bits per heavy atom. The first kappa shape index (κ1) is 25.7. The Balaban J connectivity index is 1.60. The number of thiazole rings is 1. The van der Waals surface area contributed by atoms with E-state index in [2.05, 4.69) is 15.2 Å². The van der Waals surface area contributed by atoms with Crippen LogP contribution in [0.5, 0.6) is 0 Å². The van der Waals surface area contributed by atoms with E-state index in [-0.39, 0.29) is 41.4 Å².